The molecule has 0 unspecified atom stereocenters. The average Bonchev–Trinajstić information content (AvgIpc) is 4.12. The van der Waals surface area contributed by atoms with Gasteiger partial charge in [-0.3, -0.25) is 9.59 Å². The summed E-state index contributed by atoms with van der Waals surface area (Å²) in [7, 11) is 1.31. The summed E-state index contributed by atoms with van der Waals surface area (Å²) in [5.41, 5.74) is 13.0. The SMILES string of the molecule is COC(=O)N[C@H](C(=O)N1C[C@@H](COCC2CCC2)C[C@H]1c1nc2ccc3cc(-c4ccc(-c5cnc([C@@H]6CCCN6C(=O)[C@H](N)c6ccccc6)[nH]5)cc4)ccc3c2[nH]1)C(C)C. The Kier molecular flexibility index (Phi) is 11.8. The lowest BCUT2D eigenvalue weighted by atomic mass is 9.86. The lowest BCUT2D eigenvalue weighted by Gasteiger charge is -2.30. The Balaban J connectivity index is 0.921. The maximum absolute atomic E-state index is 14.2. The molecule has 4 heterocycles. The molecule has 13 heteroatoms. The zero-order chi connectivity index (χ0) is 42.9. The second-order valence-corrected chi connectivity index (χ2v) is 17.7. The first-order valence-corrected chi connectivity index (χ1v) is 22.1. The minimum absolute atomic E-state index is 0.0859. The smallest absolute Gasteiger partial charge is 0.407 e. The molecule has 4 aromatic carbocycles. The number of H-pyrrole nitrogens is 2. The molecule has 322 valence electrons. The second-order valence-electron chi connectivity index (χ2n) is 17.7. The van der Waals surface area contributed by atoms with Gasteiger partial charge in [0.05, 0.1) is 48.7 Å². The van der Waals surface area contributed by atoms with Crippen LogP contribution in [0.5, 0.6) is 0 Å². The van der Waals surface area contributed by atoms with Crippen molar-refractivity contribution in [3.8, 4) is 22.4 Å². The largest absolute Gasteiger partial charge is 0.453 e. The van der Waals surface area contributed by atoms with Crippen molar-refractivity contribution in [1.82, 2.24) is 35.1 Å². The van der Waals surface area contributed by atoms with E-state index in [1.807, 2.05) is 66.2 Å². The van der Waals surface area contributed by atoms with E-state index in [1.54, 1.807) is 0 Å². The number of likely N-dealkylation sites (tertiary alicyclic amines) is 2. The number of ether oxygens (including phenoxy) is 2. The Morgan fingerprint density at radius 3 is 2.32 bits per heavy atom. The number of alkyl carbamates (subject to hydrolysis) is 1. The topological polar surface area (TPSA) is 172 Å². The first-order chi connectivity index (χ1) is 30.1. The van der Waals surface area contributed by atoms with Gasteiger partial charge in [0.15, 0.2) is 0 Å². The zero-order valence-electron chi connectivity index (χ0n) is 35.7. The molecule has 5 N–H and O–H groups in total. The number of imidazole rings is 2. The number of amides is 3. The molecule has 2 saturated heterocycles. The van der Waals surface area contributed by atoms with Crippen LogP contribution >= 0.6 is 0 Å². The average molecular weight is 837 g/mol. The number of hydrogen-bond acceptors (Lipinski definition) is 8. The Bertz CT molecular complexity index is 2550. The van der Waals surface area contributed by atoms with Gasteiger partial charge in [-0.05, 0) is 83.7 Å². The molecule has 2 aliphatic heterocycles. The summed E-state index contributed by atoms with van der Waals surface area (Å²) in [4.78, 5) is 60.6. The van der Waals surface area contributed by atoms with E-state index in [0.29, 0.717) is 32.0 Å². The fourth-order valence-corrected chi connectivity index (χ4v) is 9.44. The highest BCUT2D eigenvalue weighted by atomic mass is 16.5. The van der Waals surface area contributed by atoms with Gasteiger partial charge in [-0.2, -0.15) is 0 Å². The van der Waals surface area contributed by atoms with Gasteiger partial charge >= 0.3 is 6.09 Å². The normalized spacial score (nSPS) is 20.2. The van der Waals surface area contributed by atoms with Crippen LogP contribution in [-0.2, 0) is 19.1 Å². The predicted molar refractivity (Wildman–Crippen MR) is 239 cm³/mol. The van der Waals surface area contributed by atoms with E-state index >= 15 is 0 Å². The summed E-state index contributed by atoms with van der Waals surface area (Å²) in [5, 5.41) is 4.88. The molecule has 5 atom stereocenters. The number of benzene rings is 4. The summed E-state index contributed by atoms with van der Waals surface area (Å²) in [5.74, 6) is 1.90. The van der Waals surface area contributed by atoms with Crippen molar-refractivity contribution in [3.05, 3.63) is 108 Å². The molecule has 6 aromatic rings. The summed E-state index contributed by atoms with van der Waals surface area (Å²) >= 11 is 0. The van der Waals surface area contributed by atoms with Gasteiger partial charge < -0.3 is 40.3 Å². The number of methoxy groups -OCH3 is 1. The van der Waals surface area contributed by atoms with Crippen LogP contribution in [-0.4, -0.2) is 87.1 Å². The number of fused-ring (bicyclic) bond motifs is 3. The van der Waals surface area contributed by atoms with Crippen LogP contribution in [0.3, 0.4) is 0 Å². The molecular formula is C49H56N8O5. The molecule has 13 nitrogen and oxygen atoms in total. The van der Waals surface area contributed by atoms with Crippen molar-refractivity contribution in [2.75, 3.05) is 33.4 Å². The van der Waals surface area contributed by atoms with E-state index < -0.39 is 18.2 Å². The number of nitrogens with one attached hydrogen (secondary N) is 3. The molecule has 0 spiro atoms. The van der Waals surface area contributed by atoms with Crippen molar-refractivity contribution in [2.45, 2.75) is 76.5 Å². The highest BCUT2D eigenvalue weighted by molar-refractivity contribution is 6.05. The van der Waals surface area contributed by atoms with Gasteiger partial charge in [-0.15, -0.1) is 0 Å². The molecule has 2 aromatic heterocycles. The monoisotopic (exact) mass is 836 g/mol. The lowest BCUT2D eigenvalue weighted by Crippen LogP contribution is -2.51. The lowest BCUT2D eigenvalue weighted by molar-refractivity contribution is -0.136. The van der Waals surface area contributed by atoms with Gasteiger partial charge in [-0.1, -0.05) is 93.1 Å². The molecule has 0 radical (unpaired) electrons. The number of carbonyl (C=O) groups excluding carboxylic acids is 3. The number of aromatic amines is 2. The van der Waals surface area contributed by atoms with E-state index in [0.717, 1.165) is 80.9 Å². The highest BCUT2D eigenvalue weighted by Gasteiger charge is 2.42. The first kappa shape index (κ1) is 41.3. The Morgan fingerprint density at radius 2 is 1.58 bits per heavy atom. The second kappa shape index (κ2) is 17.7. The number of hydrogen-bond donors (Lipinski definition) is 4. The third-order valence-corrected chi connectivity index (χ3v) is 13.2. The van der Waals surface area contributed by atoms with E-state index in [-0.39, 0.29) is 35.7 Å². The van der Waals surface area contributed by atoms with E-state index in [4.69, 9.17) is 25.2 Å². The third kappa shape index (κ3) is 8.31. The molecule has 62 heavy (non-hydrogen) atoms. The van der Waals surface area contributed by atoms with Crippen molar-refractivity contribution in [1.29, 1.82) is 0 Å². The number of nitrogens with two attached hydrogens (primary N) is 1. The molecular weight excluding hydrogens is 781 g/mol. The maximum Gasteiger partial charge on any atom is 0.407 e. The van der Waals surface area contributed by atoms with Crippen LogP contribution in [0, 0.1) is 17.8 Å². The minimum Gasteiger partial charge on any atom is -0.453 e. The molecule has 9 rings (SSSR count). The first-order valence-electron chi connectivity index (χ1n) is 22.1. The van der Waals surface area contributed by atoms with Crippen molar-refractivity contribution >= 4 is 39.7 Å². The molecule has 3 amide bonds. The Labute approximate surface area is 361 Å². The van der Waals surface area contributed by atoms with Gasteiger partial charge in [0.25, 0.3) is 0 Å². The maximum atomic E-state index is 14.2. The van der Waals surface area contributed by atoms with Gasteiger partial charge in [0, 0.05) is 31.0 Å². The predicted octanol–water partition coefficient (Wildman–Crippen LogP) is 8.22. The van der Waals surface area contributed by atoms with Crippen LogP contribution < -0.4 is 11.1 Å². The summed E-state index contributed by atoms with van der Waals surface area (Å²) < 4.78 is 11.1. The minimum atomic E-state index is -0.737. The van der Waals surface area contributed by atoms with Crippen LogP contribution in [0.4, 0.5) is 4.79 Å². The van der Waals surface area contributed by atoms with Crippen molar-refractivity contribution < 1.29 is 23.9 Å². The number of aromatic nitrogens is 4. The summed E-state index contributed by atoms with van der Waals surface area (Å²) in [6.45, 7) is 6.36. The molecule has 1 saturated carbocycles. The Morgan fingerprint density at radius 1 is 0.823 bits per heavy atom. The van der Waals surface area contributed by atoms with Crippen molar-refractivity contribution in [2.24, 2.45) is 23.5 Å². The third-order valence-electron chi connectivity index (χ3n) is 13.2. The van der Waals surface area contributed by atoms with E-state index in [2.05, 4.69) is 63.8 Å². The fraction of sp³-hybridized carbons (Fsp3) is 0.408. The standard InChI is InChI=1S/C49H56N8O5/c1-29(2)43(55-49(60)61-3)48(59)57-26-31(28-62-27-30-9-7-10-30)23-41(57)46-52-38-21-19-36-24-35(18-20-37(36)44(38)54-46)32-14-16-33(17-15-32)39-25-51-45(53-39)40-13-8-22-56(40)47(58)42(50)34-11-5-4-6-12-34/h4-6,11-12,14-21,24-25,29-31,40-43H,7-10,13,22-23,26-28,50H2,1-3H3,(H,51,53)(H,52,54)(H,55,60)/t31-,40-,41-,42+,43-/m0/s1. The van der Waals surface area contributed by atoms with Crippen LogP contribution in [0.15, 0.2) is 91.1 Å². The van der Waals surface area contributed by atoms with Gasteiger partial charge in [0.1, 0.15) is 23.7 Å². The molecule has 0 bridgehead atoms. The summed E-state index contributed by atoms with van der Waals surface area (Å²) in [6.07, 6.45) is 7.36. The highest BCUT2D eigenvalue weighted by Crippen LogP contribution is 2.39. The van der Waals surface area contributed by atoms with Gasteiger partial charge in [-0.25, -0.2) is 14.8 Å². The molecule has 3 fully saturated rings. The van der Waals surface area contributed by atoms with Gasteiger partial charge in [0.2, 0.25) is 11.8 Å². The zero-order valence-corrected chi connectivity index (χ0v) is 35.7. The quantitative estimate of drug-likeness (QED) is 0.0902. The molecule has 1 aliphatic carbocycles. The number of carbonyl (C=O) groups is 3. The Hall–Kier alpha value is -6.05. The van der Waals surface area contributed by atoms with Crippen LogP contribution in [0.2, 0.25) is 0 Å². The number of rotatable bonds is 13. The van der Waals surface area contributed by atoms with Crippen LogP contribution in [0.1, 0.15) is 87.7 Å². The molecule has 3 aliphatic rings. The van der Waals surface area contributed by atoms with Crippen molar-refractivity contribution in [3.63, 3.8) is 0 Å². The summed E-state index contributed by atoms with van der Waals surface area (Å²) in [6, 6.07) is 26.6. The van der Waals surface area contributed by atoms with E-state index in [9.17, 15) is 14.4 Å². The fourth-order valence-electron chi connectivity index (χ4n) is 9.44. The van der Waals surface area contributed by atoms with Crippen LogP contribution in [0.25, 0.3) is 44.2 Å². The van der Waals surface area contributed by atoms with E-state index in [1.165, 1.54) is 26.4 Å². The number of nitrogens with zero attached hydrogens (tertiary/aromatic N) is 4.